The van der Waals surface area contributed by atoms with Crippen LogP contribution in [0.25, 0.3) is 16.8 Å². The van der Waals surface area contributed by atoms with Crippen LogP contribution in [0.3, 0.4) is 0 Å². The molecule has 0 spiro atoms. The van der Waals surface area contributed by atoms with Crippen LogP contribution in [0.2, 0.25) is 0 Å². The smallest absolute Gasteiger partial charge is 0.185 e. The van der Waals surface area contributed by atoms with Crippen LogP contribution in [0.15, 0.2) is 54.6 Å². The summed E-state index contributed by atoms with van der Waals surface area (Å²) in [7, 11) is 0. The van der Waals surface area contributed by atoms with Crippen molar-refractivity contribution in [3.8, 4) is 16.9 Å². The Morgan fingerprint density at radius 2 is 1.79 bits per heavy atom. The molecule has 144 valence electrons. The third kappa shape index (κ3) is 2.79. The van der Waals surface area contributed by atoms with Gasteiger partial charge in [-0.2, -0.15) is 5.10 Å². The maximum Gasteiger partial charge on any atom is 0.185 e. The lowest BCUT2D eigenvalue weighted by atomic mass is 9.83. The van der Waals surface area contributed by atoms with E-state index < -0.39 is 0 Å². The van der Waals surface area contributed by atoms with Crippen LogP contribution < -0.4 is 0 Å². The van der Waals surface area contributed by atoms with E-state index in [1.54, 1.807) is 16.6 Å². The molecule has 0 fully saturated rings. The topological polar surface area (TPSA) is 80.4 Å². The van der Waals surface area contributed by atoms with Crippen molar-refractivity contribution in [2.24, 2.45) is 0 Å². The molecule has 1 atom stereocenters. The van der Waals surface area contributed by atoms with Gasteiger partial charge in [0.2, 0.25) is 0 Å². The zero-order valence-corrected chi connectivity index (χ0v) is 16.0. The molecule has 2 aromatic heterocycles. The number of hydrogen-bond acceptors (Lipinski definition) is 5. The number of aryl methyl sites for hydroxylation is 1. The molecule has 6 nitrogen and oxygen atoms in total. The Morgan fingerprint density at radius 3 is 2.55 bits per heavy atom. The number of hydrogen-bond donors (Lipinski definition) is 1. The number of phenolic OH excluding ortho intramolecular Hbond substituents is 1. The number of fused-ring (bicyclic) bond motifs is 3. The fraction of sp³-hybridized carbons (Fsp3) is 0.217. The predicted molar refractivity (Wildman–Crippen MR) is 109 cm³/mol. The molecule has 29 heavy (non-hydrogen) atoms. The average molecular weight is 384 g/mol. The van der Waals surface area contributed by atoms with E-state index in [0.717, 1.165) is 34.5 Å². The van der Waals surface area contributed by atoms with Crippen LogP contribution in [0.5, 0.6) is 5.75 Å². The first kappa shape index (κ1) is 17.6. The molecule has 0 aliphatic heterocycles. The molecule has 0 bridgehead atoms. The van der Waals surface area contributed by atoms with Gasteiger partial charge in [-0.15, -0.1) is 10.2 Å². The number of benzene rings is 2. The fourth-order valence-electron chi connectivity index (χ4n) is 4.22. The summed E-state index contributed by atoms with van der Waals surface area (Å²) in [6.07, 6.45) is 1.63. The summed E-state index contributed by atoms with van der Waals surface area (Å²) in [6.45, 7) is 2.06. The first-order chi connectivity index (χ1) is 14.2. The maximum absolute atomic E-state index is 12.8. The highest BCUT2D eigenvalue weighted by Crippen LogP contribution is 2.37. The van der Waals surface area contributed by atoms with E-state index in [-0.39, 0.29) is 17.5 Å². The molecule has 4 aromatic rings. The first-order valence-electron chi connectivity index (χ1n) is 9.81. The highest BCUT2D eigenvalue weighted by Gasteiger charge is 2.32. The molecule has 0 radical (unpaired) electrons. The van der Waals surface area contributed by atoms with Crippen molar-refractivity contribution >= 4 is 11.4 Å². The van der Waals surface area contributed by atoms with E-state index in [9.17, 15) is 9.90 Å². The number of Topliss-reactive ketones (excluding diaryl/α,β-unsaturated/α-hetero) is 1. The maximum atomic E-state index is 12.8. The van der Waals surface area contributed by atoms with Gasteiger partial charge < -0.3 is 5.11 Å². The number of rotatable bonds is 3. The Morgan fingerprint density at radius 1 is 1.03 bits per heavy atom. The van der Waals surface area contributed by atoms with Crippen molar-refractivity contribution in [1.82, 2.24) is 19.8 Å². The summed E-state index contributed by atoms with van der Waals surface area (Å²) in [5.74, 6) is 0.0356. The molecule has 0 amide bonds. The van der Waals surface area contributed by atoms with Crippen molar-refractivity contribution in [3.05, 3.63) is 77.2 Å². The number of aromatic nitrogens is 4. The van der Waals surface area contributed by atoms with Crippen LogP contribution in [0, 0.1) is 0 Å². The minimum absolute atomic E-state index is 0.0660. The second kappa shape index (κ2) is 6.81. The van der Waals surface area contributed by atoms with E-state index in [1.165, 1.54) is 0 Å². The van der Waals surface area contributed by atoms with Crippen LogP contribution in [-0.4, -0.2) is 30.7 Å². The quantitative estimate of drug-likeness (QED) is 0.578. The van der Waals surface area contributed by atoms with Gasteiger partial charge in [-0.05, 0) is 30.0 Å². The number of carbonyl (C=O) groups excluding carboxylic acids is 1. The lowest BCUT2D eigenvalue weighted by Gasteiger charge is -2.23. The van der Waals surface area contributed by atoms with Gasteiger partial charge in [-0.1, -0.05) is 55.5 Å². The third-order valence-electron chi connectivity index (χ3n) is 5.62. The Labute approximate surface area is 167 Å². The molecule has 2 aromatic carbocycles. The molecular weight excluding hydrogens is 364 g/mol. The van der Waals surface area contributed by atoms with Gasteiger partial charge in [0.25, 0.3) is 0 Å². The Bertz CT molecular complexity index is 1230. The van der Waals surface area contributed by atoms with Gasteiger partial charge in [0.05, 0.1) is 17.0 Å². The van der Waals surface area contributed by atoms with E-state index >= 15 is 0 Å². The van der Waals surface area contributed by atoms with Gasteiger partial charge in [0.1, 0.15) is 5.75 Å². The SMILES string of the molecule is CCc1nn2c3c(nnc2c1-c1ccccc1)C(=O)C[C@@H](c1ccccc1O)C3. The van der Waals surface area contributed by atoms with Crippen LogP contribution >= 0.6 is 0 Å². The third-order valence-corrected chi connectivity index (χ3v) is 5.62. The van der Waals surface area contributed by atoms with Crippen molar-refractivity contribution in [2.75, 3.05) is 0 Å². The summed E-state index contributed by atoms with van der Waals surface area (Å²) < 4.78 is 1.79. The minimum atomic E-state index is -0.113. The second-order valence-corrected chi connectivity index (χ2v) is 7.36. The molecule has 2 heterocycles. The predicted octanol–water partition coefficient (Wildman–Crippen LogP) is 3.97. The number of ketones is 1. The van der Waals surface area contributed by atoms with Gasteiger partial charge in [0.15, 0.2) is 17.1 Å². The molecule has 0 saturated heterocycles. The van der Waals surface area contributed by atoms with Gasteiger partial charge in [-0.3, -0.25) is 4.79 Å². The molecule has 1 aliphatic carbocycles. The van der Waals surface area contributed by atoms with Gasteiger partial charge in [-0.25, -0.2) is 4.52 Å². The summed E-state index contributed by atoms with van der Waals surface area (Å²) in [5.41, 5.74) is 5.51. The number of nitrogens with zero attached hydrogens (tertiary/aromatic N) is 4. The van der Waals surface area contributed by atoms with Crippen LogP contribution in [0.4, 0.5) is 0 Å². The summed E-state index contributed by atoms with van der Waals surface area (Å²) in [6, 6.07) is 17.2. The zero-order valence-electron chi connectivity index (χ0n) is 16.0. The molecule has 1 N–H and O–H groups in total. The molecule has 5 rings (SSSR count). The fourth-order valence-corrected chi connectivity index (χ4v) is 4.22. The number of para-hydroxylation sites is 1. The van der Waals surface area contributed by atoms with E-state index in [0.29, 0.717) is 24.2 Å². The largest absolute Gasteiger partial charge is 0.508 e. The van der Waals surface area contributed by atoms with E-state index in [1.807, 2.05) is 42.5 Å². The molecule has 1 aliphatic rings. The molecule has 0 saturated carbocycles. The van der Waals surface area contributed by atoms with Crippen LogP contribution in [-0.2, 0) is 12.8 Å². The Kier molecular flexibility index (Phi) is 4.12. The summed E-state index contributed by atoms with van der Waals surface area (Å²) >= 11 is 0. The molecule has 0 unspecified atom stereocenters. The van der Waals surface area contributed by atoms with Gasteiger partial charge >= 0.3 is 0 Å². The van der Waals surface area contributed by atoms with E-state index in [2.05, 4.69) is 17.1 Å². The molecular formula is C23H20N4O2. The standard InChI is InChI=1S/C23H20N4O2/c1-2-17-21(14-8-4-3-5-9-14)23-25-24-22-18(27(23)26-17)12-15(13-20(22)29)16-10-6-7-11-19(16)28/h3-11,15,28H,2,12-13H2,1H3/t15-/m0/s1. The summed E-state index contributed by atoms with van der Waals surface area (Å²) in [5, 5.41) is 23.8. The normalized spacial score (nSPS) is 16.2. The first-order valence-corrected chi connectivity index (χ1v) is 9.81. The Hall–Kier alpha value is -3.54. The van der Waals surface area contributed by atoms with E-state index in [4.69, 9.17) is 5.10 Å². The zero-order chi connectivity index (χ0) is 20.0. The second-order valence-electron chi connectivity index (χ2n) is 7.36. The summed E-state index contributed by atoms with van der Waals surface area (Å²) in [4.78, 5) is 12.8. The lowest BCUT2D eigenvalue weighted by Crippen LogP contribution is -2.24. The minimum Gasteiger partial charge on any atom is -0.508 e. The lowest BCUT2D eigenvalue weighted by molar-refractivity contribution is 0.0955. The van der Waals surface area contributed by atoms with Crippen LogP contribution in [0.1, 0.15) is 46.7 Å². The van der Waals surface area contributed by atoms with Crippen molar-refractivity contribution < 1.29 is 9.90 Å². The number of phenols is 1. The highest BCUT2D eigenvalue weighted by molar-refractivity contribution is 5.97. The van der Waals surface area contributed by atoms with Crippen molar-refractivity contribution in [2.45, 2.75) is 32.1 Å². The van der Waals surface area contributed by atoms with Crippen molar-refractivity contribution in [1.29, 1.82) is 0 Å². The van der Waals surface area contributed by atoms with Gasteiger partial charge in [0, 0.05) is 12.3 Å². The number of aromatic hydroxyl groups is 1. The molecule has 6 heteroatoms. The highest BCUT2D eigenvalue weighted by atomic mass is 16.3. The monoisotopic (exact) mass is 384 g/mol. The number of carbonyl (C=O) groups is 1. The average Bonchev–Trinajstić information content (AvgIpc) is 3.14. The van der Waals surface area contributed by atoms with Crippen molar-refractivity contribution in [3.63, 3.8) is 0 Å². The Balaban J connectivity index is 1.70.